The highest BCUT2D eigenvalue weighted by Crippen LogP contribution is 2.33. The molecule has 1 aliphatic rings. The van der Waals surface area contributed by atoms with Gasteiger partial charge in [0.25, 0.3) is 11.5 Å². The van der Waals surface area contributed by atoms with Gasteiger partial charge in [-0.15, -0.1) is 0 Å². The minimum atomic E-state index is -0.421. The molecule has 1 aliphatic heterocycles. The third kappa shape index (κ3) is 4.92. The van der Waals surface area contributed by atoms with Gasteiger partial charge in [0.1, 0.15) is 29.3 Å². The minimum Gasteiger partial charge on any atom is -0.497 e. The summed E-state index contributed by atoms with van der Waals surface area (Å²) in [5, 5.41) is 4.99. The largest absolute Gasteiger partial charge is 0.497 e. The van der Waals surface area contributed by atoms with Crippen molar-refractivity contribution in [1.82, 2.24) is 19.4 Å². The van der Waals surface area contributed by atoms with E-state index >= 15 is 0 Å². The Morgan fingerprint density at radius 1 is 1.00 bits per heavy atom. The number of carbonyl (C=O) groups excluding carboxylic acids is 1. The number of amides is 1. The fourth-order valence-electron chi connectivity index (χ4n) is 5.36. The molecule has 0 aliphatic carbocycles. The van der Waals surface area contributed by atoms with Crippen molar-refractivity contribution >= 4 is 39.9 Å². The summed E-state index contributed by atoms with van der Waals surface area (Å²) in [6.07, 6.45) is 1.46. The Morgan fingerprint density at radius 3 is 2.50 bits per heavy atom. The fourth-order valence-corrected chi connectivity index (χ4v) is 5.62. The Bertz CT molecular complexity index is 1840. The van der Waals surface area contributed by atoms with E-state index < -0.39 is 6.04 Å². The molecule has 9 nitrogen and oxygen atoms in total. The second kappa shape index (κ2) is 11.2. The summed E-state index contributed by atoms with van der Waals surface area (Å²) in [6.45, 7) is 2.85. The van der Waals surface area contributed by atoms with Gasteiger partial charge in [-0.2, -0.15) is 0 Å². The van der Waals surface area contributed by atoms with Gasteiger partial charge in [0.05, 0.1) is 30.2 Å². The quantitative estimate of drug-likeness (QED) is 0.265. The fraction of sp³-hybridized carbons (Fsp3) is 0.188. The van der Waals surface area contributed by atoms with Crippen molar-refractivity contribution in [1.29, 1.82) is 0 Å². The van der Waals surface area contributed by atoms with Crippen LogP contribution in [0.25, 0.3) is 16.5 Å². The number of fused-ring (bicyclic) bond motifs is 2. The van der Waals surface area contributed by atoms with E-state index in [1.165, 1.54) is 6.33 Å². The smallest absolute Gasteiger partial charge is 0.264 e. The first kappa shape index (κ1) is 27.3. The van der Waals surface area contributed by atoms with Crippen molar-refractivity contribution < 1.29 is 9.53 Å². The lowest BCUT2D eigenvalue weighted by molar-refractivity contribution is 0.0781. The van der Waals surface area contributed by atoms with Crippen LogP contribution in [-0.4, -0.2) is 46.2 Å². The number of hydrogen-bond donors (Lipinski definition) is 1. The highest BCUT2D eigenvalue weighted by atomic mass is 35.5. The van der Waals surface area contributed by atoms with E-state index in [1.807, 2.05) is 84.6 Å². The van der Waals surface area contributed by atoms with Gasteiger partial charge in [-0.3, -0.25) is 14.2 Å². The number of nitrogens with one attached hydrogen (secondary N) is 1. The van der Waals surface area contributed by atoms with E-state index in [0.717, 1.165) is 16.7 Å². The molecule has 5 aromatic rings. The van der Waals surface area contributed by atoms with Gasteiger partial charge in [-0.1, -0.05) is 54.1 Å². The lowest BCUT2D eigenvalue weighted by Crippen LogP contribution is -2.45. The summed E-state index contributed by atoms with van der Waals surface area (Å²) in [6, 6.07) is 24.2. The molecule has 0 bridgehead atoms. The summed E-state index contributed by atoms with van der Waals surface area (Å²) in [5.74, 6) is 1.53. The third-order valence-electron chi connectivity index (χ3n) is 7.44. The summed E-state index contributed by atoms with van der Waals surface area (Å²) in [7, 11) is 3.39. The molecule has 10 heteroatoms. The van der Waals surface area contributed by atoms with Crippen LogP contribution in [0.5, 0.6) is 5.75 Å². The van der Waals surface area contributed by atoms with Crippen molar-refractivity contribution in [3.8, 4) is 11.4 Å². The van der Waals surface area contributed by atoms with Crippen LogP contribution in [0.15, 0.2) is 90.0 Å². The molecule has 3 heterocycles. The van der Waals surface area contributed by atoms with E-state index in [2.05, 4.69) is 15.3 Å². The molecular weight excluding hydrogens is 552 g/mol. The Morgan fingerprint density at radius 2 is 1.76 bits per heavy atom. The maximum atomic E-state index is 13.9. The van der Waals surface area contributed by atoms with Gasteiger partial charge >= 0.3 is 0 Å². The number of aromatic nitrogens is 3. The zero-order valence-electron chi connectivity index (χ0n) is 23.4. The average Bonchev–Trinajstić information content (AvgIpc) is 3.00. The number of pyridine rings is 1. The maximum Gasteiger partial charge on any atom is 0.264 e. The maximum absolute atomic E-state index is 13.9. The Balaban J connectivity index is 1.41. The number of benzene rings is 3. The van der Waals surface area contributed by atoms with Crippen LogP contribution >= 0.6 is 11.6 Å². The van der Waals surface area contributed by atoms with Crippen molar-refractivity contribution in [3.63, 3.8) is 0 Å². The van der Waals surface area contributed by atoms with Gasteiger partial charge in [-0.25, -0.2) is 9.97 Å². The number of ether oxygens (including phenoxy) is 1. The zero-order chi connectivity index (χ0) is 29.4. The van der Waals surface area contributed by atoms with Crippen LogP contribution in [0.4, 0.5) is 11.6 Å². The van der Waals surface area contributed by atoms with Crippen LogP contribution < -0.4 is 20.5 Å². The van der Waals surface area contributed by atoms with Gasteiger partial charge in [0.15, 0.2) is 0 Å². The molecule has 0 saturated carbocycles. The number of halogens is 1. The SMILES string of the molecule is COc1ccc(CN2CN(C)C(=O)c3c(N[C@@H](C)c4cc5cccc(Cl)c5c(=O)n4-c4ccccc4)ncnc32)cc1. The minimum absolute atomic E-state index is 0.183. The second-order valence-electron chi connectivity index (χ2n) is 10.2. The number of rotatable bonds is 7. The lowest BCUT2D eigenvalue weighted by atomic mass is 10.1. The number of anilines is 2. The molecule has 212 valence electrons. The topological polar surface area (TPSA) is 92.6 Å². The van der Waals surface area contributed by atoms with Crippen molar-refractivity contribution in [2.24, 2.45) is 0 Å². The van der Waals surface area contributed by atoms with E-state index in [0.29, 0.717) is 52.2 Å². The Labute approximate surface area is 248 Å². The zero-order valence-corrected chi connectivity index (χ0v) is 24.2. The summed E-state index contributed by atoms with van der Waals surface area (Å²) < 4.78 is 6.94. The van der Waals surface area contributed by atoms with E-state index in [4.69, 9.17) is 16.3 Å². The van der Waals surface area contributed by atoms with Crippen molar-refractivity contribution in [2.75, 3.05) is 31.0 Å². The summed E-state index contributed by atoms with van der Waals surface area (Å²) in [4.78, 5) is 40.0. The third-order valence-corrected chi connectivity index (χ3v) is 7.75. The monoisotopic (exact) mass is 580 g/mol. The molecule has 42 heavy (non-hydrogen) atoms. The van der Waals surface area contributed by atoms with Crippen molar-refractivity contribution in [3.05, 3.63) is 117 Å². The number of para-hydroxylation sites is 1. The van der Waals surface area contributed by atoms with Crippen molar-refractivity contribution in [2.45, 2.75) is 19.5 Å². The highest BCUT2D eigenvalue weighted by molar-refractivity contribution is 6.35. The standard InChI is InChI=1S/C32H29ClN6O3/c1-20(26-16-22-8-7-11-25(33)27(22)32(41)39(26)23-9-5-4-6-10-23)36-29-28-30(35-18-34-29)38(19-37(2)31(28)40)17-21-12-14-24(42-3)15-13-21/h4-16,18,20H,17,19H2,1-3H3,(H,34,35,36)/t20-/m0/s1. The van der Waals surface area contributed by atoms with Gasteiger partial charge in [-0.05, 0) is 54.3 Å². The lowest BCUT2D eigenvalue weighted by Gasteiger charge is -2.36. The first-order valence-electron chi connectivity index (χ1n) is 13.5. The molecule has 0 spiro atoms. The molecule has 1 atom stereocenters. The van der Waals surface area contributed by atoms with Crippen LogP contribution in [0, 0.1) is 0 Å². The molecule has 0 unspecified atom stereocenters. The first-order chi connectivity index (χ1) is 20.4. The van der Waals surface area contributed by atoms with Crippen LogP contribution in [-0.2, 0) is 6.54 Å². The summed E-state index contributed by atoms with van der Waals surface area (Å²) >= 11 is 6.48. The molecule has 3 aromatic carbocycles. The van der Waals surface area contributed by atoms with E-state index in [9.17, 15) is 9.59 Å². The van der Waals surface area contributed by atoms with E-state index in [1.54, 1.807) is 29.7 Å². The normalized spacial score (nSPS) is 13.7. The molecule has 0 radical (unpaired) electrons. The second-order valence-corrected chi connectivity index (χ2v) is 10.6. The Hall–Kier alpha value is -4.89. The molecule has 2 aromatic heterocycles. The molecule has 1 N–H and O–H groups in total. The van der Waals surface area contributed by atoms with Gasteiger partial charge in [0, 0.05) is 25.0 Å². The Kier molecular flexibility index (Phi) is 7.26. The predicted octanol–water partition coefficient (Wildman–Crippen LogP) is 5.67. The molecule has 0 saturated heterocycles. The van der Waals surface area contributed by atoms with Crippen LogP contribution in [0.1, 0.15) is 34.6 Å². The number of carbonyl (C=O) groups is 1. The number of methoxy groups -OCH3 is 1. The molecular formula is C32H29ClN6O3. The first-order valence-corrected chi connectivity index (χ1v) is 13.9. The number of nitrogens with zero attached hydrogens (tertiary/aromatic N) is 5. The number of hydrogen-bond acceptors (Lipinski definition) is 7. The average molecular weight is 581 g/mol. The highest BCUT2D eigenvalue weighted by Gasteiger charge is 2.32. The van der Waals surface area contributed by atoms with Gasteiger partial charge in [0.2, 0.25) is 0 Å². The van der Waals surface area contributed by atoms with Crippen LogP contribution in [0.2, 0.25) is 5.02 Å². The molecule has 0 fully saturated rings. The van der Waals surface area contributed by atoms with E-state index in [-0.39, 0.29) is 11.5 Å². The molecule has 6 rings (SSSR count). The van der Waals surface area contributed by atoms with Crippen LogP contribution in [0.3, 0.4) is 0 Å². The molecule has 1 amide bonds. The summed E-state index contributed by atoms with van der Waals surface area (Å²) in [5.41, 5.74) is 2.61. The van der Waals surface area contributed by atoms with Gasteiger partial charge < -0.3 is 19.9 Å². The predicted molar refractivity (Wildman–Crippen MR) is 165 cm³/mol.